The Balaban J connectivity index is 1.89. The van der Waals surface area contributed by atoms with Crippen molar-refractivity contribution in [1.29, 1.82) is 0 Å². The first-order valence-electron chi connectivity index (χ1n) is 5.41. The van der Waals surface area contributed by atoms with Crippen molar-refractivity contribution in [3.05, 3.63) is 35.4 Å². The molecule has 4 heteroatoms. The van der Waals surface area contributed by atoms with Crippen LogP contribution in [0.4, 0.5) is 13.2 Å². The predicted octanol–water partition coefficient (Wildman–Crippen LogP) is 2.57. The van der Waals surface area contributed by atoms with Crippen LogP contribution in [0.1, 0.15) is 17.5 Å². The van der Waals surface area contributed by atoms with Crippen molar-refractivity contribution in [3.63, 3.8) is 0 Å². The zero-order valence-corrected chi connectivity index (χ0v) is 8.64. The molecule has 0 amide bonds. The maximum absolute atomic E-state index is 12.4. The lowest BCUT2D eigenvalue weighted by Gasteiger charge is -2.13. The molecule has 1 saturated heterocycles. The van der Waals surface area contributed by atoms with Gasteiger partial charge in [0.2, 0.25) is 0 Å². The van der Waals surface area contributed by atoms with E-state index in [-0.39, 0.29) is 5.41 Å². The van der Waals surface area contributed by atoms with E-state index in [1.54, 1.807) is 12.1 Å². The molecule has 1 nitrogen and oxygen atoms in total. The van der Waals surface area contributed by atoms with E-state index >= 15 is 0 Å². The fraction of sp³-hybridized carbons (Fsp3) is 0.500. The SMILES string of the molecule is FC(F)(F)c1ccc(C23CNCC2C3)cc1. The lowest BCUT2D eigenvalue weighted by Crippen LogP contribution is -2.19. The number of halogens is 3. The lowest BCUT2D eigenvalue weighted by molar-refractivity contribution is -0.137. The summed E-state index contributed by atoms with van der Waals surface area (Å²) in [5.41, 5.74) is 0.635. The number of benzene rings is 1. The summed E-state index contributed by atoms with van der Waals surface area (Å²) >= 11 is 0. The molecule has 2 atom stereocenters. The zero-order valence-electron chi connectivity index (χ0n) is 8.64. The van der Waals surface area contributed by atoms with Gasteiger partial charge in [-0.2, -0.15) is 13.2 Å². The van der Waals surface area contributed by atoms with Crippen molar-refractivity contribution < 1.29 is 13.2 Å². The van der Waals surface area contributed by atoms with Crippen LogP contribution < -0.4 is 5.32 Å². The molecule has 1 aromatic carbocycles. The first kappa shape index (κ1) is 10.1. The van der Waals surface area contributed by atoms with Gasteiger partial charge in [-0.25, -0.2) is 0 Å². The van der Waals surface area contributed by atoms with Crippen LogP contribution in [0.15, 0.2) is 24.3 Å². The van der Waals surface area contributed by atoms with E-state index in [0.29, 0.717) is 5.92 Å². The number of alkyl halides is 3. The van der Waals surface area contributed by atoms with E-state index < -0.39 is 11.7 Å². The molecule has 3 rings (SSSR count). The van der Waals surface area contributed by atoms with Crippen LogP contribution in [0.3, 0.4) is 0 Å². The molecule has 1 N–H and O–H groups in total. The van der Waals surface area contributed by atoms with Gasteiger partial charge in [-0.15, -0.1) is 0 Å². The van der Waals surface area contributed by atoms with Gasteiger partial charge >= 0.3 is 6.18 Å². The van der Waals surface area contributed by atoms with Crippen molar-refractivity contribution in [1.82, 2.24) is 5.32 Å². The minimum absolute atomic E-state index is 0.143. The second-order valence-corrected chi connectivity index (χ2v) is 4.76. The highest BCUT2D eigenvalue weighted by atomic mass is 19.4. The Kier molecular flexibility index (Phi) is 1.90. The molecule has 1 saturated carbocycles. The summed E-state index contributed by atoms with van der Waals surface area (Å²) in [5.74, 6) is 0.629. The molecule has 86 valence electrons. The average molecular weight is 227 g/mol. The number of nitrogens with one attached hydrogen (secondary N) is 1. The predicted molar refractivity (Wildman–Crippen MR) is 54.1 cm³/mol. The molecule has 0 radical (unpaired) electrons. The average Bonchev–Trinajstić information content (AvgIpc) is 2.81. The normalized spacial score (nSPS) is 32.6. The van der Waals surface area contributed by atoms with Gasteiger partial charge in [-0.05, 0) is 36.6 Å². The highest BCUT2D eigenvalue weighted by Crippen LogP contribution is 2.56. The van der Waals surface area contributed by atoms with Gasteiger partial charge in [-0.3, -0.25) is 0 Å². The van der Waals surface area contributed by atoms with E-state index in [9.17, 15) is 13.2 Å². The van der Waals surface area contributed by atoms with Crippen molar-refractivity contribution in [2.24, 2.45) is 5.92 Å². The van der Waals surface area contributed by atoms with E-state index in [0.717, 1.165) is 25.1 Å². The molecule has 0 bridgehead atoms. The quantitative estimate of drug-likeness (QED) is 0.777. The first-order valence-corrected chi connectivity index (χ1v) is 5.41. The van der Waals surface area contributed by atoms with Crippen LogP contribution in [-0.4, -0.2) is 13.1 Å². The Morgan fingerprint density at radius 1 is 1.19 bits per heavy atom. The molecule has 1 heterocycles. The van der Waals surface area contributed by atoms with Gasteiger partial charge in [0.25, 0.3) is 0 Å². The Bertz CT molecular complexity index is 409. The minimum Gasteiger partial charge on any atom is -0.316 e. The highest BCUT2D eigenvalue weighted by molar-refractivity contribution is 5.38. The van der Waals surface area contributed by atoms with Crippen LogP contribution in [0.5, 0.6) is 0 Å². The second-order valence-electron chi connectivity index (χ2n) is 4.76. The monoisotopic (exact) mass is 227 g/mol. The largest absolute Gasteiger partial charge is 0.416 e. The third-order valence-electron chi connectivity index (χ3n) is 3.85. The number of rotatable bonds is 1. The molecule has 1 aliphatic carbocycles. The first-order chi connectivity index (χ1) is 7.52. The summed E-state index contributed by atoms with van der Waals surface area (Å²) in [5, 5.41) is 3.28. The molecule has 2 aliphatic rings. The van der Waals surface area contributed by atoms with Gasteiger partial charge in [0.05, 0.1) is 5.56 Å². The summed E-state index contributed by atoms with van der Waals surface area (Å²) in [6, 6.07) is 5.65. The van der Waals surface area contributed by atoms with Crippen LogP contribution in [-0.2, 0) is 11.6 Å². The summed E-state index contributed by atoms with van der Waals surface area (Å²) in [6.45, 7) is 1.91. The molecule has 0 spiro atoms. The molecule has 1 aromatic rings. The summed E-state index contributed by atoms with van der Waals surface area (Å²) in [7, 11) is 0. The molecule has 2 fully saturated rings. The molecule has 1 aliphatic heterocycles. The van der Waals surface area contributed by atoms with E-state index in [4.69, 9.17) is 0 Å². The lowest BCUT2D eigenvalue weighted by atomic mass is 9.94. The standard InChI is InChI=1S/C12H12F3N/c13-12(14,15)9-3-1-8(2-4-9)11-5-10(11)6-16-7-11/h1-4,10,16H,5-7H2. The van der Waals surface area contributed by atoms with Crippen molar-refractivity contribution in [2.75, 3.05) is 13.1 Å². The third-order valence-corrected chi connectivity index (χ3v) is 3.85. The number of piperidine rings is 1. The van der Waals surface area contributed by atoms with E-state index in [1.807, 2.05) is 0 Å². The summed E-state index contributed by atoms with van der Waals surface area (Å²) in [4.78, 5) is 0. The van der Waals surface area contributed by atoms with E-state index in [2.05, 4.69) is 5.32 Å². The molecular formula is C12H12F3N. The smallest absolute Gasteiger partial charge is 0.316 e. The van der Waals surface area contributed by atoms with Crippen LogP contribution in [0.2, 0.25) is 0 Å². The third kappa shape index (κ3) is 1.36. The molecule has 2 unspecified atom stereocenters. The van der Waals surface area contributed by atoms with Gasteiger partial charge < -0.3 is 5.32 Å². The van der Waals surface area contributed by atoms with Crippen LogP contribution in [0, 0.1) is 5.92 Å². The Morgan fingerprint density at radius 3 is 2.31 bits per heavy atom. The highest BCUT2D eigenvalue weighted by Gasteiger charge is 2.57. The number of hydrogen-bond donors (Lipinski definition) is 1. The Morgan fingerprint density at radius 2 is 1.88 bits per heavy atom. The Labute approximate surface area is 91.7 Å². The van der Waals surface area contributed by atoms with Gasteiger partial charge in [0, 0.05) is 12.0 Å². The number of hydrogen-bond acceptors (Lipinski definition) is 1. The van der Waals surface area contributed by atoms with Gasteiger partial charge in [0.1, 0.15) is 0 Å². The van der Waals surface area contributed by atoms with Gasteiger partial charge in [-0.1, -0.05) is 12.1 Å². The van der Waals surface area contributed by atoms with Crippen molar-refractivity contribution in [2.45, 2.75) is 18.0 Å². The van der Waals surface area contributed by atoms with Crippen LogP contribution >= 0.6 is 0 Å². The van der Waals surface area contributed by atoms with Crippen molar-refractivity contribution >= 4 is 0 Å². The fourth-order valence-corrected chi connectivity index (χ4v) is 2.78. The number of fused-ring (bicyclic) bond motifs is 1. The minimum atomic E-state index is -4.23. The molecule has 16 heavy (non-hydrogen) atoms. The second kappa shape index (κ2) is 3.00. The summed E-state index contributed by atoms with van der Waals surface area (Å²) in [6.07, 6.45) is -3.11. The maximum Gasteiger partial charge on any atom is 0.416 e. The fourth-order valence-electron chi connectivity index (χ4n) is 2.78. The Hall–Kier alpha value is -1.03. The maximum atomic E-state index is 12.4. The molecule has 0 aromatic heterocycles. The summed E-state index contributed by atoms with van der Waals surface area (Å²) < 4.78 is 37.2. The topological polar surface area (TPSA) is 12.0 Å². The van der Waals surface area contributed by atoms with E-state index in [1.165, 1.54) is 12.1 Å². The van der Waals surface area contributed by atoms with Crippen molar-refractivity contribution in [3.8, 4) is 0 Å². The van der Waals surface area contributed by atoms with Crippen LogP contribution in [0.25, 0.3) is 0 Å². The van der Waals surface area contributed by atoms with Gasteiger partial charge in [0.15, 0.2) is 0 Å². The zero-order chi connectivity index (χ0) is 11.4. The molecular weight excluding hydrogens is 215 g/mol.